The monoisotopic (exact) mass is 324 g/mol. The number of hydrogen-bond acceptors (Lipinski definition) is 2. The van der Waals surface area contributed by atoms with Gasteiger partial charge in [-0.3, -0.25) is 4.79 Å². The first-order valence-electron chi connectivity index (χ1n) is 8.67. The largest absolute Gasteiger partial charge is 0.360 e. The number of aryl methyl sites for hydroxylation is 1. The Morgan fingerprint density at radius 1 is 1.04 bits per heavy atom. The van der Waals surface area contributed by atoms with E-state index >= 15 is 0 Å². The van der Waals surface area contributed by atoms with E-state index in [1.165, 1.54) is 21.7 Å². The molecule has 2 aromatic rings. The van der Waals surface area contributed by atoms with E-state index in [0.29, 0.717) is 13.1 Å². The Hall–Kier alpha value is -2.33. The molecule has 24 heavy (non-hydrogen) atoms. The first-order chi connectivity index (χ1) is 11.7. The maximum Gasteiger partial charge on any atom is 0.275 e. The molecule has 3 rings (SSSR count). The molecule has 1 amide bonds. The Morgan fingerprint density at radius 3 is 2.42 bits per heavy atom. The number of nitrogens with one attached hydrogen (secondary N) is 2. The number of rotatable bonds is 5. The summed E-state index contributed by atoms with van der Waals surface area (Å²) in [5.74, 6) is 0.140. The van der Waals surface area contributed by atoms with Crippen molar-refractivity contribution in [2.24, 2.45) is 0 Å². The molecule has 1 fully saturated rings. The molecule has 0 unspecified atom stereocenters. The minimum atomic E-state index is 0.140. The molecule has 4 nitrogen and oxygen atoms in total. The second kappa shape index (κ2) is 7.97. The molecule has 0 saturated carbocycles. The Balaban J connectivity index is 1.43. The number of piperazine rings is 1. The van der Waals surface area contributed by atoms with Gasteiger partial charge in [-0.2, -0.15) is 0 Å². The maximum absolute atomic E-state index is 12.2. The Kier molecular flexibility index (Phi) is 5.49. The van der Waals surface area contributed by atoms with Crippen molar-refractivity contribution >= 4 is 11.6 Å². The lowest BCUT2D eigenvalue weighted by molar-refractivity contribution is -0.892. The molecule has 1 aliphatic heterocycles. The fraction of sp³-hybridized carbons (Fsp3) is 0.350. The van der Waals surface area contributed by atoms with Gasteiger partial charge in [-0.1, -0.05) is 42.5 Å². The van der Waals surface area contributed by atoms with Crippen LogP contribution in [-0.2, 0) is 11.3 Å². The molecule has 0 radical (unpaired) electrons. The summed E-state index contributed by atoms with van der Waals surface area (Å²) < 4.78 is 0. The number of amides is 1. The summed E-state index contributed by atoms with van der Waals surface area (Å²) in [5, 5.41) is 3.06. The normalized spacial score (nSPS) is 15.3. The molecular formula is C20H26N3O+. The van der Waals surface area contributed by atoms with Crippen LogP contribution < -0.4 is 15.1 Å². The van der Waals surface area contributed by atoms with Crippen molar-refractivity contribution < 1.29 is 9.69 Å². The third-order valence-corrected chi connectivity index (χ3v) is 4.74. The lowest BCUT2D eigenvalue weighted by Gasteiger charge is -2.33. The van der Waals surface area contributed by atoms with Gasteiger partial charge in [-0.15, -0.1) is 0 Å². The molecule has 1 saturated heterocycles. The van der Waals surface area contributed by atoms with Crippen LogP contribution >= 0.6 is 0 Å². The van der Waals surface area contributed by atoms with E-state index in [0.717, 1.165) is 26.2 Å². The molecular weight excluding hydrogens is 298 g/mol. The predicted molar refractivity (Wildman–Crippen MR) is 97.2 cm³/mol. The van der Waals surface area contributed by atoms with Crippen molar-refractivity contribution in [2.75, 3.05) is 37.6 Å². The van der Waals surface area contributed by atoms with Gasteiger partial charge < -0.3 is 15.1 Å². The van der Waals surface area contributed by atoms with Gasteiger partial charge in [-0.25, -0.2) is 0 Å². The van der Waals surface area contributed by atoms with Crippen molar-refractivity contribution in [1.29, 1.82) is 0 Å². The summed E-state index contributed by atoms with van der Waals surface area (Å²) in [4.78, 5) is 16.0. The van der Waals surface area contributed by atoms with Crippen molar-refractivity contribution in [3.8, 4) is 0 Å². The Labute approximate surface area is 144 Å². The standard InChI is InChI=1S/C20H25N3O/c1-17-7-5-6-8-18(17)15-21-20(24)16-22-11-13-23(14-12-22)19-9-3-2-4-10-19/h2-10H,11-16H2,1H3,(H,21,24)/p+1. The van der Waals surface area contributed by atoms with Crippen LogP contribution in [-0.4, -0.2) is 38.6 Å². The SMILES string of the molecule is Cc1ccccc1CNC(=O)C[NH+]1CCN(c2ccccc2)CC1. The fourth-order valence-electron chi connectivity index (χ4n) is 3.19. The highest BCUT2D eigenvalue weighted by molar-refractivity contribution is 5.76. The van der Waals surface area contributed by atoms with Crippen LogP contribution in [0.15, 0.2) is 54.6 Å². The number of carbonyl (C=O) groups excluding carboxylic acids is 1. The van der Waals surface area contributed by atoms with E-state index in [-0.39, 0.29) is 5.91 Å². The van der Waals surface area contributed by atoms with Gasteiger partial charge in [0.15, 0.2) is 6.54 Å². The van der Waals surface area contributed by atoms with Crippen LogP contribution in [0, 0.1) is 6.92 Å². The summed E-state index contributed by atoms with van der Waals surface area (Å²) in [6.45, 7) is 7.28. The Bertz CT molecular complexity index is 664. The van der Waals surface area contributed by atoms with Crippen molar-refractivity contribution in [1.82, 2.24) is 5.32 Å². The molecule has 0 atom stereocenters. The van der Waals surface area contributed by atoms with Crippen LogP contribution in [0.4, 0.5) is 5.69 Å². The van der Waals surface area contributed by atoms with Gasteiger partial charge >= 0.3 is 0 Å². The van der Waals surface area contributed by atoms with Crippen LogP contribution in [0.25, 0.3) is 0 Å². The highest BCUT2D eigenvalue weighted by Crippen LogP contribution is 2.12. The molecule has 1 heterocycles. The lowest BCUT2D eigenvalue weighted by atomic mass is 10.1. The number of carbonyl (C=O) groups is 1. The first-order valence-corrected chi connectivity index (χ1v) is 8.67. The number of hydrogen-bond donors (Lipinski definition) is 2. The number of nitrogens with zero attached hydrogens (tertiary/aromatic N) is 1. The zero-order valence-corrected chi connectivity index (χ0v) is 14.3. The zero-order chi connectivity index (χ0) is 16.8. The van der Waals surface area contributed by atoms with Gasteiger partial charge in [0.05, 0.1) is 26.2 Å². The first kappa shape index (κ1) is 16.5. The maximum atomic E-state index is 12.2. The van der Waals surface area contributed by atoms with E-state index in [1.807, 2.05) is 18.2 Å². The van der Waals surface area contributed by atoms with Crippen molar-refractivity contribution in [3.05, 3.63) is 65.7 Å². The fourth-order valence-corrected chi connectivity index (χ4v) is 3.19. The summed E-state index contributed by atoms with van der Waals surface area (Å²) in [7, 11) is 0. The minimum Gasteiger partial charge on any atom is -0.360 e. The van der Waals surface area contributed by atoms with Gasteiger partial charge in [-0.05, 0) is 30.2 Å². The summed E-state index contributed by atoms with van der Waals surface area (Å²) in [5.41, 5.74) is 3.69. The lowest BCUT2D eigenvalue weighted by Crippen LogP contribution is -3.15. The average molecular weight is 324 g/mol. The van der Waals surface area contributed by atoms with Crippen LogP contribution in [0.3, 0.4) is 0 Å². The number of benzene rings is 2. The van der Waals surface area contributed by atoms with Gasteiger partial charge in [0, 0.05) is 12.2 Å². The van der Waals surface area contributed by atoms with Crippen molar-refractivity contribution in [3.63, 3.8) is 0 Å². The molecule has 2 N–H and O–H groups in total. The topological polar surface area (TPSA) is 36.8 Å². The summed E-state index contributed by atoms with van der Waals surface area (Å²) in [6, 6.07) is 18.7. The summed E-state index contributed by atoms with van der Waals surface area (Å²) >= 11 is 0. The summed E-state index contributed by atoms with van der Waals surface area (Å²) in [6.07, 6.45) is 0. The van der Waals surface area contributed by atoms with Crippen LogP contribution in [0.2, 0.25) is 0 Å². The third kappa shape index (κ3) is 4.36. The molecule has 2 aromatic carbocycles. The van der Waals surface area contributed by atoms with Crippen LogP contribution in [0.5, 0.6) is 0 Å². The average Bonchev–Trinajstić information content (AvgIpc) is 2.62. The van der Waals surface area contributed by atoms with Gasteiger partial charge in [0.25, 0.3) is 5.91 Å². The molecule has 0 bridgehead atoms. The predicted octanol–water partition coefficient (Wildman–Crippen LogP) is 1.02. The number of anilines is 1. The van der Waals surface area contributed by atoms with Crippen molar-refractivity contribution in [2.45, 2.75) is 13.5 Å². The van der Waals surface area contributed by atoms with Gasteiger partial charge in [0.1, 0.15) is 0 Å². The third-order valence-electron chi connectivity index (χ3n) is 4.74. The molecule has 126 valence electrons. The van der Waals surface area contributed by atoms with E-state index in [1.54, 1.807) is 0 Å². The molecule has 0 spiro atoms. The quantitative estimate of drug-likeness (QED) is 0.861. The van der Waals surface area contributed by atoms with E-state index in [2.05, 4.69) is 53.5 Å². The smallest absolute Gasteiger partial charge is 0.275 e. The van der Waals surface area contributed by atoms with E-state index in [9.17, 15) is 4.79 Å². The van der Waals surface area contributed by atoms with Crippen LogP contribution in [0.1, 0.15) is 11.1 Å². The van der Waals surface area contributed by atoms with Gasteiger partial charge in [0.2, 0.25) is 0 Å². The molecule has 0 aliphatic carbocycles. The molecule has 1 aliphatic rings. The second-order valence-corrected chi connectivity index (χ2v) is 6.45. The van der Waals surface area contributed by atoms with E-state index in [4.69, 9.17) is 0 Å². The molecule has 4 heteroatoms. The van der Waals surface area contributed by atoms with E-state index < -0.39 is 0 Å². The minimum absolute atomic E-state index is 0.140. The molecule has 0 aromatic heterocycles. The Morgan fingerprint density at radius 2 is 1.71 bits per heavy atom. The highest BCUT2D eigenvalue weighted by atomic mass is 16.2. The number of para-hydroxylation sites is 1. The number of quaternary nitrogens is 1. The zero-order valence-electron chi connectivity index (χ0n) is 14.3. The second-order valence-electron chi connectivity index (χ2n) is 6.45. The highest BCUT2D eigenvalue weighted by Gasteiger charge is 2.22.